The van der Waals surface area contributed by atoms with Gasteiger partial charge in [0, 0.05) is 30.9 Å². The number of carbonyl (C=O) groups excluding carboxylic acids is 1. The molecule has 2 aliphatic heterocycles. The standard InChI is InChI=1S/C19H20ClFN6O/c20-17-2-1-12-5-15(8-23-19(12)25-17)24-14-3-4-26(10-14)11-18(28)27-9-13(21)6-16(27)7-22/h1-2,5,8,13-14,16,24H,3-4,6,9-11H2/t13-,14-,16?/m0/s1. The van der Waals surface area contributed by atoms with E-state index in [0.29, 0.717) is 17.3 Å². The number of fused-ring (bicyclic) bond motifs is 1. The normalized spacial score (nSPS) is 25.2. The molecule has 3 atom stereocenters. The molecule has 0 spiro atoms. The lowest BCUT2D eigenvalue weighted by Gasteiger charge is -2.23. The van der Waals surface area contributed by atoms with Crippen LogP contribution in [0, 0.1) is 11.3 Å². The highest BCUT2D eigenvalue weighted by Crippen LogP contribution is 2.22. The first-order chi connectivity index (χ1) is 13.5. The van der Waals surface area contributed by atoms with Crippen molar-refractivity contribution in [2.24, 2.45) is 0 Å². The lowest BCUT2D eigenvalue weighted by Crippen LogP contribution is -2.42. The van der Waals surface area contributed by atoms with Crippen molar-refractivity contribution in [2.45, 2.75) is 31.1 Å². The number of halogens is 2. The summed E-state index contributed by atoms with van der Waals surface area (Å²) in [6.45, 7) is 1.70. The second kappa shape index (κ2) is 7.86. The second-order valence-corrected chi connectivity index (χ2v) is 7.68. The first-order valence-electron chi connectivity index (χ1n) is 9.26. The molecule has 2 fully saturated rings. The number of amides is 1. The summed E-state index contributed by atoms with van der Waals surface area (Å²) in [5.41, 5.74) is 1.49. The number of nitrogens with one attached hydrogen (secondary N) is 1. The number of likely N-dealkylation sites (tertiary alicyclic amines) is 2. The summed E-state index contributed by atoms with van der Waals surface area (Å²) < 4.78 is 13.5. The van der Waals surface area contributed by atoms with Crippen LogP contribution < -0.4 is 5.32 Å². The van der Waals surface area contributed by atoms with Crippen LogP contribution in [-0.2, 0) is 4.79 Å². The van der Waals surface area contributed by atoms with Crippen LogP contribution in [0.3, 0.4) is 0 Å². The molecular weight excluding hydrogens is 383 g/mol. The zero-order valence-corrected chi connectivity index (χ0v) is 15.9. The molecule has 2 aromatic heterocycles. The van der Waals surface area contributed by atoms with Crippen molar-refractivity contribution >= 4 is 34.2 Å². The Hall–Kier alpha value is -2.50. The van der Waals surface area contributed by atoms with Crippen molar-refractivity contribution in [3.8, 4) is 6.07 Å². The van der Waals surface area contributed by atoms with Gasteiger partial charge in [-0.25, -0.2) is 14.4 Å². The van der Waals surface area contributed by atoms with Crippen molar-refractivity contribution in [3.63, 3.8) is 0 Å². The van der Waals surface area contributed by atoms with Crippen LogP contribution in [0.5, 0.6) is 0 Å². The SMILES string of the molecule is N#CC1C[C@H](F)CN1C(=O)CN1CC[C@H](Nc2cnc3nc(Cl)ccc3c2)C1. The van der Waals surface area contributed by atoms with Crippen molar-refractivity contribution in [3.05, 3.63) is 29.5 Å². The lowest BCUT2D eigenvalue weighted by atomic mass is 10.2. The maximum Gasteiger partial charge on any atom is 0.237 e. The van der Waals surface area contributed by atoms with E-state index in [0.717, 1.165) is 24.0 Å². The number of alkyl halides is 1. The highest BCUT2D eigenvalue weighted by Gasteiger charge is 2.36. The number of nitriles is 1. The zero-order valence-electron chi connectivity index (χ0n) is 15.2. The fourth-order valence-electron chi connectivity index (χ4n) is 3.86. The molecule has 1 N–H and O–H groups in total. The summed E-state index contributed by atoms with van der Waals surface area (Å²) in [5.74, 6) is -0.178. The van der Waals surface area contributed by atoms with Gasteiger partial charge in [-0.1, -0.05) is 11.6 Å². The van der Waals surface area contributed by atoms with Crippen LogP contribution >= 0.6 is 11.6 Å². The van der Waals surface area contributed by atoms with Gasteiger partial charge in [0.25, 0.3) is 0 Å². The maximum absolute atomic E-state index is 13.5. The van der Waals surface area contributed by atoms with Crippen LogP contribution in [0.2, 0.25) is 5.15 Å². The van der Waals surface area contributed by atoms with E-state index in [2.05, 4.69) is 15.3 Å². The number of aromatic nitrogens is 2. The van der Waals surface area contributed by atoms with Crippen molar-refractivity contribution in [1.82, 2.24) is 19.8 Å². The highest BCUT2D eigenvalue weighted by atomic mass is 35.5. The first kappa shape index (κ1) is 18.8. The molecule has 1 unspecified atom stereocenters. The number of hydrogen-bond donors (Lipinski definition) is 1. The fraction of sp³-hybridized carbons (Fsp3) is 0.474. The smallest absolute Gasteiger partial charge is 0.237 e. The van der Waals surface area contributed by atoms with Crippen LogP contribution in [-0.4, -0.2) is 70.1 Å². The van der Waals surface area contributed by atoms with E-state index in [1.165, 1.54) is 4.90 Å². The summed E-state index contributed by atoms with van der Waals surface area (Å²) >= 11 is 5.89. The minimum Gasteiger partial charge on any atom is -0.380 e. The third-order valence-electron chi connectivity index (χ3n) is 5.23. The minimum atomic E-state index is -1.11. The van der Waals surface area contributed by atoms with Crippen molar-refractivity contribution in [2.75, 3.05) is 31.5 Å². The Balaban J connectivity index is 1.34. The van der Waals surface area contributed by atoms with Crippen LogP contribution in [0.4, 0.5) is 10.1 Å². The molecule has 0 radical (unpaired) electrons. The van der Waals surface area contributed by atoms with Gasteiger partial charge in [0.1, 0.15) is 17.4 Å². The Morgan fingerprint density at radius 3 is 3.11 bits per heavy atom. The lowest BCUT2D eigenvalue weighted by molar-refractivity contribution is -0.132. The Morgan fingerprint density at radius 2 is 2.29 bits per heavy atom. The van der Waals surface area contributed by atoms with Gasteiger partial charge >= 0.3 is 0 Å². The van der Waals surface area contributed by atoms with Crippen LogP contribution in [0.1, 0.15) is 12.8 Å². The Morgan fingerprint density at radius 1 is 1.43 bits per heavy atom. The number of pyridine rings is 2. The summed E-state index contributed by atoms with van der Waals surface area (Å²) in [4.78, 5) is 24.4. The number of carbonyl (C=O) groups is 1. The number of hydrogen-bond acceptors (Lipinski definition) is 6. The molecule has 9 heteroatoms. The molecule has 2 aliphatic rings. The number of nitrogens with zero attached hydrogens (tertiary/aromatic N) is 5. The third-order valence-corrected chi connectivity index (χ3v) is 5.44. The monoisotopic (exact) mass is 402 g/mol. The van der Waals surface area contributed by atoms with Gasteiger partial charge in [0.15, 0.2) is 5.65 Å². The van der Waals surface area contributed by atoms with Gasteiger partial charge in [0.05, 0.1) is 31.0 Å². The molecule has 0 bridgehead atoms. The van der Waals surface area contributed by atoms with E-state index >= 15 is 0 Å². The Bertz CT molecular complexity index is 934. The predicted molar refractivity (Wildman–Crippen MR) is 104 cm³/mol. The Labute approximate surface area is 167 Å². The van der Waals surface area contributed by atoms with Crippen molar-refractivity contribution < 1.29 is 9.18 Å². The predicted octanol–water partition coefficient (Wildman–Crippen LogP) is 2.23. The molecule has 2 aromatic rings. The van der Waals surface area contributed by atoms with Crippen LogP contribution in [0.15, 0.2) is 24.4 Å². The molecule has 4 heterocycles. The van der Waals surface area contributed by atoms with E-state index in [1.807, 2.05) is 23.1 Å². The second-order valence-electron chi connectivity index (χ2n) is 7.29. The summed E-state index contributed by atoms with van der Waals surface area (Å²) in [6, 6.07) is 7.14. The molecule has 28 heavy (non-hydrogen) atoms. The zero-order chi connectivity index (χ0) is 19.7. The molecular formula is C19H20ClFN6O. The number of anilines is 1. The molecule has 1 amide bonds. The largest absolute Gasteiger partial charge is 0.380 e. The van der Waals surface area contributed by atoms with Gasteiger partial charge < -0.3 is 10.2 Å². The molecule has 7 nitrogen and oxygen atoms in total. The van der Waals surface area contributed by atoms with E-state index < -0.39 is 12.2 Å². The van der Waals surface area contributed by atoms with Gasteiger partial charge in [0.2, 0.25) is 5.91 Å². The Kier molecular flexibility index (Phi) is 5.29. The van der Waals surface area contributed by atoms with E-state index in [4.69, 9.17) is 16.9 Å². The fourth-order valence-corrected chi connectivity index (χ4v) is 4.00. The van der Waals surface area contributed by atoms with Crippen LogP contribution in [0.25, 0.3) is 11.0 Å². The van der Waals surface area contributed by atoms with E-state index in [9.17, 15) is 9.18 Å². The maximum atomic E-state index is 13.5. The van der Waals surface area contributed by atoms with Gasteiger partial charge in [-0.05, 0) is 24.6 Å². The minimum absolute atomic E-state index is 0.0212. The quantitative estimate of drug-likeness (QED) is 0.789. The molecule has 0 aliphatic carbocycles. The topological polar surface area (TPSA) is 85.2 Å². The molecule has 4 rings (SSSR count). The van der Waals surface area contributed by atoms with E-state index in [1.54, 1.807) is 12.3 Å². The summed E-state index contributed by atoms with van der Waals surface area (Å²) in [5, 5.41) is 13.9. The average molecular weight is 403 g/mol. The third kappa shape index (κ3) is 4.01. The molecule has 0 aromatic carbocycles. The van der Waals surface area contributed by atoms with E-state index in [-0.39, 0.29) is 31.5 Å². The van der Waals surface area contributed by atoms with Gasteiger partial charge in [-0.2, -0.15) is 5.26 Å². The van der Waals surface area contributed by atoms with Gasteiger partial charge in [-0.15, -0.1) is 0 Å². The summed E-state index contributed by atoms with van der Waals surface area (Å²) in [6.07, 6.45) is 1.62. The van der Waals surface area contributed by atoms with Gasteiger partial charge in [-0.3, -0.25) is 9.69 Å². The molecule has 2 saturated heterocycles. The summed E-state index contributed by atoms with van der Waals surface area (Å²) in [7, 11) is 0. The molecule has 0 saturated carbocycles. The highest BCUT2D eigenvalue weighted by molar-refractivity contribution is 6.29. The van der Waals surface area contributed by atoms with Crippen molar-refractivity contribution in [1.29, 1.82) is 5.26 Å². The average Bonchev–Trinajstić information content (AvgIpc) is 3.27. The first-order valence-corrected chi connectivity index (χ1v) is 9.64. The molecule has 146 valence electrons. The number of rotatable bonds is 4.